The molecule has 0 fully saturated rings. The third-order valence-corrected chi connectivity index (χ3v) is 2.95. The highest BCUT2D eigenvalue weighted by molar-refractivity contribution is 6.30. The van der Waals surface area contributed by atoms with Gasteiger partial charge in [-0.3, -0.25) is 19.8 Å². The van der Waals surface area contributed by atoms with Gasteiger partial charge in [0.05, 0.1) is 12.6 Å². The van der Waals surface area contributed by atoms with E-state index in [4.69, 9.17) is 16.7 Å². The zero-order chi connectivity index (χ0) is 15.1. The van der Waals surface area contributed by atoms with Crippen molar-refractivity contribution < 1.29 is 14.7 Å². The Morgan fingerprint density at radius 2 is 1.95 bits per heavy atom. The summed E-state index contributed by atoms with van der Waals surface area (Å²) in [5.41, 5.74) is 0.384. The highest BCUT2D eigenvalue weighted by Gasteiger charge is 2.12. The van der Waals surface area contributed by atoms with Crippen molar-refractivity contribution in [1.29, 1.82) is 0 Å². The number of halogens is 1. The van der Waals surface area contributed by atoms with E-state index in [2.05, 4.69) is 5.32 Å². The van der Waals surface area contributed by atoms with Crippen LogP contribution in [0.15, 0.2) is 24.3 Å². The Hall–Kier alpha value is -1.43. The molecule has 0 aliphatic heterocycles. The zero-order valence-corrected chi connectivity index (χ0v) is 12.4. The Morgan fingerprint density at radius 3 is 2.50 bits per heavy atom. The fourth-order valence-electron chi connectivity index (χ4n) is 1.57. The standard InChI is InChI=1S/C14H19ClN2O3/c1-10(18)7-8-17(2)9-13(19)16-14(20)11-3-5-12(15)6-4-11/h3-6,10,18H,7-9H2,1-2H3,(H,16,19,20). The van der Waals surface area contributed by atoms with Crippen LogP contribution in [0.1, 0.15) is 23.7 Å². The zero-order valence-electron chi connectivity index (χ0n) is 11.6. The van der Waals surface area contributed by atoms with Gasteiger partial charge in [0.2, 0.25) is 5.91 Å². The minimum absolute atomic E-state index is 0.103. The van der Waals surface area contributed by atoms with Crippen LogP contribution in [0.4, 0.5) is 0 Å². The molecule has 2 amide bonds. The molecule has 20 heavy (non-hydrogen) atoms. The van der Waals surface area contributed by atoms with Crippen molar-refractivity contribution in [1.82, 2.24) is 10.2 Å². The number of aliphatic hydroxyl groups excluding tert-OH is 1. The number of nitrogens with zero attached hydrogens (tertiary/aromatic N) is 1. The monoisotopic (exact) mass is 298 g/mol. The number of hydrogen-bond donors (Lipinski definition) is 2. The van der Waals surface area contributed by atoms with Crippen LogP contribution in [-0.4, -0.2) is 48.1 Å². The Balaban J connectivity index is 2.41. The molecule has 1 aromatic rings. The first-order chi connectivity index (χ1) is 9.38. The normalized spacial score (nSPS) is 12.2. The summed E-state index contributed by atoms with van der Waals surface area (Å²) in [6, 6.07) is 6.30. The first-order valence-corrected chi connectivity index (χ1v) is 6.72. The van der Waals surface area contributed by atoms with Crippen LogP contribution in [0.5, 0.6) is 0 Å². The van der Waals surface area contributed by atoms with Gasteiger partial charge in [-0.15, -0.1) is 0 Å². The van der Waals surface area contributed by atoms with Crippen molar-refractivity contribution >= 4 is 23.4 Å². The van der Waals surface area contributed by atoms with E-state index in [1.807, 2.05) is 0 Å². The maximum atomic E-state index is 11.8. The van der Waals surface area contributed by atoms with Gasteiger partial charge >= 0.3 is 0 Å². The lowest BCUT2D eigenvalue weighted by Gasteiger charge is -2.16. The summed E-state index contributed by atoms with van der Waals surface area (Å²) >= 11 is 5.73. The van der Waals surface area contributed by atoms with Gasteiger partial charge in [-0.25, -0.2) is 0 Å². The van der Waals surface area contributed by atoms with Crippen LogP contribution in [0.3, 0.4) is 0 Å². The smallest absolute Gasteiger partial charge is 0.257 e. The maximum absolute atomic E-state index is 11.8. The van der Waals surface area contributed by atoms with E-state index in [-0.39, 0.29) is 12.5 Å². The van der Waals surface area contributed by atoms with Crippen LogP contribution in [-0.2, 0) is 4.79 Å². The number of benzene rings is 1. The minimum Gasteiger partial charge on any atom is -0.393 e. The summed E-state index contributed by atoms with van der Waals surface area (Å²) in [5.74, 6) is -0.825. The Morgan fingerprint density at radius 1 is 1.35 bits per heavy atom. The fraction of sp³-hybridized carbons (Fsp3) is 0.429. The van der Waals surface area contributed by atoms with Crippen molar-refractivity contribution in [3.63, 3.8) is 0 Å². The third kappa shape index (κ3) is 6.14. The van der Waals surface area contributed by atoms with Gasteiger partial charge < -0.3 is 5.11 Å². The van der Waals surface area contributed by atoms with E-state index in [1.165, 1.54) is 0 Å². The lowest BCUT2D eigenvalue weighted by molar-refractivity contribution is -0.121. The molecule has 110 valence electrons. The average Bonchev–Trinajstić information content (AvgIpc) is 2.36. The Bertz CT molecular complexity index is 460. The minimum atomic E-state index is -0.449. The van der Waals surface area contributed by atoms with Gasteiger partial charge in [0.15, 0.2) is 0 Å². The van der Waals surface area contributed by atoms with E-state index in [9.17, 15) is 9.59 Å². The van der Waals surface area contributed by atoms with Gasteiger partial charge in [-0.1, -0.05) is 11.6 Å². The molecule has 0 heterocycles. The van der Waals surface area contributed by atoms with Gasteiger partial charge in [0.1, 0.15) is 0 Å². The molecule has 5 nitrogen and oxygen atoms in total. The molecular weight excluding hydrogens is 280 g/mol. The summed E-state index contributed by atoms with van der Waals surface area (Å²) in [6.45, 7) is 2.38. The summed E-state index contributed by atoms with van der Waals surface area (Å²) in [4.78, 5) is 25.2. The molecule has 1 rings (SSSR count). The molecule has 0 radical (unpaired) electrons. The SMILES string of the molecule is CC(O)CCN(C)CC(=O)NC(=O)c1ccc(Cl)cc1. The van der Waals surface area contributed by atoms with Crippen LogP contribution in [0.25, 0.3) is 0 Å². The predicted molar refractivity (Wildman–Crippen MR) is 77.7 cm³/mol. The highest BCUT2D eigenvalue weighted by atomic mass is 35.5. The van der Waals surface area contributed by atoms with Crippen LogP contribution < -0.4 is 5.32 Å². The van der Waals surface area contributed by atoms with Crippen LogP contribution in [0, 0.1) is 0 Å². The van der Waals surface area contributed by atoms with Gasteiger partial charge in [-0.05, 0) is 44.7 Å². The molecule has 1 unspecified atom stereocenters. The third-order valence-electron chi connectivity index (χ3n) is 2.70. The van der Waals surface area contributed by atoms with E-state index in [1.54, 1.807) is 43.1 Å². The van der Waals surface area contributed by atoms with Crippen molar-refractivity contribution in [2.45, 2.75) is 19.4 Å². The first kappa shape index (κ1) is 16.6. The number of aliphatic hydroxyl groups is 1. The lowest BCUT2D eigenvalue weighted by Crippen LogP contribution is -2.39. The molecule has 1 aromatic carbocycles. The van der Waals surface area contributed by atoms with Crippen LogP contribution >= 0.6 is 11.6 Å². The van der Waals surface area contributed by atoms with Crippen LogP contribution in [0.2, 0.25) is 5.02 Å². The number of rotatable bonds is 6. The second-order valence-electron chi connectivity index (χ2n) is 4.76. The van der Waals surface area contributed by atoms with Gasteiger partial charge in [0, 0.05) is 17.1 Å². The number of nitrogens with one attached hydrogen (secondary N) is 1. The summed E-state index contributed by atoms with van der Waals surface area (Å²) in [5, 5.41) is 12.0. The summed E-state index contributed by atoms with van der Waals surface area (Å²) in [7, 11) is 1.76. The highest BCUT2D eigenvalue weighted by Crippen LogP contribution is 2.09. The largest absolute Gasteiger partial charge is 0.393 e. The molecule has 0 aliphatic carbocycles. The molecule has 0 saturated carbocycles. The number of amides is 2. The van der Waals surface area contributed by atoms with Crippen molar-refractivity contribution in [3.05, 3.63) is 34.9 Å². The summed E-state index contributed by atoms with van der Waals surface area (Å²) in [6.07, 6.45) is 0.172. The van der Waals surface area contributed by atoms with E-state index < -0.39 is 12.0 Å². The van der Waals surface area contributed by atoms with E-state index in [0.29, 0.717) is 23.6 Å². The van der Waals surface area contributed by atoms with E-state index >= 15 is 0 Å². The topological polar surface area (TPSA) is 69.6 Å². The molecule has 0 aromatic heterocycles. The molecule has 1 atom stereocenters. The van der Waals surface area contributed by atoms with Crippen molar-refractivity contribution in [3.8, 4) is 0 Å². The molecule has 0 aliphatic rings. The molecule has 0 bridgehead atoms. The van der Waals surface area contributed by atoms with Gasteiger partial charge in [0.25, 0.3) is 5.91 Å². The second kappa shape index (κ2) is 7.99. The number of likely N-dealkylation sites (N-methyl/N-ethyl adjacent to an activating group) is 1. The number of carbonyl (C=O) groups excluding carboxylic acids is 2. The predicted octanol–water partition coefficient (Wildman–Crippen LogP) is 1.30. The van der Waals surface area contributed by atoms with E-state index in [0.717, 1.165) is 0 Å². The van der Waals surface area contributed by atoms with Crippen molar-refractivity contribution in [2.24, 2.45) is 0 Å². The summed E-state index contributed by atoms with van der Waals surface area (Å²) < 4.78 is 0. The number of hydrogen-bond acceptors (Lipinski definition) is 4. The molecule has 0 saturated heterocycles. The average molecular weight is 299 g/mol. The molecule has 6 heteroatoms. The fourth-order valence-corrected chi connectivity index (χ4v) is 1.70. The quantitative estimate of drug-likeness (QED) is 0.830. The molecule has 0 spiro atoms. The lowest BCUT2D eigenvalue weighted by atomic mass is 10.2. The number of carbonyl (C=O) groups is 2. The van der Waals surface area contributed by atoms with Gasteiger partial charge in [-0.2, -0.15) is 0 Å². The Kier molecular flexibility index (Phi) is 6.64. The Labute approximate surface area is 123 Å². The van der Waals surface area contributed by atoms with Crippen molar-refractivity contribution in [2.75, 3.05) is 20.1 Å². The molecule has 2 N–H and O–H groups in total. The second-order valence-corrected chi connectivity index (χ2v) is 5.20. The first-order valence-electron chi connectivity index (χ1n) is 6.35. The number of imide groups is 1. The maximum Gasteiger partial charge on any atom is 0.257 e. The molecular formula is C14H19ClN2O3.